The maximum atomic E-state index is 10.9. The van der Waals surface area contributed by atoms with Crippen molar-refractivity contribution in [1.29, 1.82) is 0 Å². The van der Waals surface area contributed by atoms with Crippen molar-refractivity contribution in [3.05, 3.63) is 11.6 Å². The Morgan fingerprint density at radius 1 is 1.50 bits per heavy atom. The van der Waals surface area contributed by atoms with Crippen LogP contribution in [0.15, 0.2) is 11.6 Å². The van der Waals surface area contributed by atoms with Crippen molar-refractivity contribution in [2.45, 2.75) is 23.5 Å². The van der Waals surface area contributed by atoms with Gasteiger partial charge in [0.2, 0.25) is 0 Å². The Balaban J connectivity index is 2.95. The summed E-state index contributed by atoms with van der Waals surface area (Å²) in [5.41, 5.74) is 0.282. The van der Waals surface area contributed by atoms with Crippen LogP contribution in [-0.4, -0.2) is 14.3 Å². The predicted molar refractivity (Wildman–Crippen MR) is 54.7 cm³/mol. The van der Waals surface area contributed by atoms with Gasteiger partial charge in [0.1, 0.15) is 8.65 Å². The van der Waals surface area contributed by atoms with Gasteiger partial charge in [0, 0.05) is 0 Å². The van der Waals surface area contributed by atoms with Crippen molar-refractivity contribution in [1.82, 2.24) is 0 Å². The van der Waals surface area contributed by atoms with Crippen LogP contribution in [0.4, 0.5) is 0 Å². The molecule has 0 amide bonds. The van der Waals surface area contributed by atoms with Gasteiger partial charge in [-0.1, -0.05) is 43.5 Å². The molecule has 1 N–H and O–H groups in total. The summed E-state index contributed by atoms with van der Waals surface area (Å²) in [6, 6.07) is 0. The van der Waals surface area contributed by atoms with E-state index in [9.17, 15) is 4.79 Å². The predicted octanol–water partition coefficient (Wildman–Crippen LogP) is 2.91. The van der Waals surface area contributed by atoms with Crippen LogP contribution in [0.1, 0.15) is 20.3 Å². The Bertz CT molecular complexity index is 254. The summed E-state index contributed by atoms with van der Waals surface area (Å²) in [5.74, 6) is -0.780. The lowest BCUT2D eigenvalue weighted by atomic mass is 10.1. The molecule has 0 aliphatic heterocycles. The van der Waals surface area contributed by atoms with E-state index in [2.05, 4.69) is 31.9 Å². The average molecular weight is 298 g/mol. The molecule has 1 rings (SSSR count). The highest BCUT2D eigenvalue weighted by atomic mass is 79.9. The molecule has 0 aromatic heterocycles. The molecule has 2 nitrogen and oxygen atoms in total. The van der Waals surface area contributed by atoms with Crippen molar-refractivity contribution < 1.29 is 9.90 Å². The Morgan fingerprint density at radius 3 is 2.00 bits per heavy atom. The third-order valence-corrected chi connectivity index (χ3v) is 3.92. The van der Waals surface area contributed by atoms with E-state index >= 15 is 0 Å². The van der Waals surface area contributed by atoms with E-state index in [4.69, 9.17) is 5.11 Å². The Kier molecular flexibility index (Phi) is 2.43. The van der Waals surface area contributed by atoms with Crippen molar-refractivity contribution in [3.63, 3.8) is 0 Å². The summed E-state index contributed by atoms with van der Waals surface area (Å²) >= 11 is 6.66. The molecule has 0 radical (unpaired) electrons. The number of hydrogen-bond donors (Lipinski definition) is 1. The van der Waals surface area contributed by atoms with Crippen molar-refractivity contribution in [2.24, 2.45) is 5.41 Å². The first-order valence-corrected chi connectivity index (χ1v) is 5.18. The van der Waals surface area contributed by atoms with E-state index in [-0.39, 0.29) is 0 Å². The van der Waals surface area contributed by atoms with Gasteiger partial charge in [-0.3, -0.25) is 4.79 Å². The van der Waals surface area contributed by atoms with Gasteiger partial charge in [0.15, 0.2) is 0 Å². The number of alkyl halides is 2. The molecule has 12 heavy (non-hydrogen) atoms. The van der Waals surface area contributed by atoms with Crippen LogP contribution < -0.4 is 0 Å². The number of rotatable bonds is 2. The van der Waals surface area contributed by atoms with Gasteiger partial charge in [0.25, 0.3) is 0 Å². The van der Waals surface area contributed by atoms with Gasteiger partial charge in [-0.2, -0.15) is 0 Å². The maximum Gasteiger partial charge on any atom is 0.315 e. The summed E-state index contributed by atoms with van der Waals surface area (Å²) in [7, 11) is 0. The molecule has 1 aliphatic carbocycles. The van der Waals surface area contributed by atoms with E-state index in [1.807, 2.05) is 13.8 Å². The molecule has 1 aliphatic rings. The summed E-state index contributed by atoms with van der Waals surface area (Å²) in [4.78, 5) is 10.9. The van der Waals surface area contributed by atoms with Gasteiger partial charge in [-0.25, -0.2) is 0 Å². The number of halogens is 2. The number of hydrogen-bond acceptors (Lipinski definition) is 1. The third-order valence-electron chi connectivity index (χ3n) is 1.95. The fourth-order valence-electron chi connectivity index (χ4n) is 1.25. The summed E-state index contributed by atoms with van der Waals surface area (Å²) in [6.07, 6.45) is 2.39. The van der Waals surface area contributed by atoms with Gasteiger partial charge in [-0.05, 0) is 20.3 Å². The molecule has 1 unspecified atom stereocenters. The van der Waals surface area contributed by atoms with Crippen molar-refractivity contribution >= 4 is 37.8 Å². The zero-order chi connectivity index (χ0) is 9.57. The molecule has 1 fully saturated rings. The van der Waals surface area contributed by atoms with Crippen LogP contribution in [0.25, 0.3) is 0 Å². The number of carboxylic acid groups (broad SMARTS) is 1. The van der Waals surface area contributed by atoms with Gasteiger partial charge in [0.05, 0.1) is 0 Å². The largest absolute Gasteiger partial charge is 0.481 e. The minimum atomic E-state index is -0.780. The lowest BCUT2D eigenvalue weighted by Gasteiger charge is -2.08. The molecular weight excluding hydrogens is 288 g/mol. The molecule has 0 heterocycles. The zero-order valence-electron chi connectivity index (χ0n) is 6.90. The van der Waals surface area contributed by atoms with Crippen molar-refractivity contribution in [2.75, 3.05) is 0 Å². The quantitative estimate of drug-likeness (QED) is 0.628. The number of allylic oxidation sites excluding steroid dienone is 1. The molecule has 0 spiro atoms. The average Bonchev–Trinajstić information content (AvgIpc) is 2.33. The summed E-state index contributed by atoms with van der Waals surface area (Å²) < 4.78 is -0.434. The van der Waals surface area contributed by atoms with E-state index in [0.717, 1.165) is 5.57 Å². The first-order chi connectivity index (χ1) is 5.32. The van der Waals surface area contributed by atoms with Crippen molar-refractivity contribution in [3.8, 4) is 0 Å². The van der Waals surface area contributed by atoms with Crippen LogP contribution in [-0.2, 0) is 4.79 Å². The fraction of sp³-hybridized carbons (Fsp3) is 0.625. The first kappa shape index (κ1) is 10.3. The highest BCUT2D eigenvalue weighted by Gasteiger charge is 2.69. The molecule has 1 atom stereocenters. The normalized spacial score (nSPS) is 31.0. The topological polar surface area (TPSA) is 37.3 Å². The first-order valence-electron chi connectivity index (χ1n) is 3.59. The SMILES string of the molecule is CC(C)=CC1(C(=O)O)CC1(Br)Br. The van der Waals surface area contributed by atoms with Crippen LogP contribution in [0.3, 0.4) is 0 Å². The van der Waals surface area contributed by atoms with Crippen LogP contribution in [0.5, 0.6) is 0 Å². The zero-order valence-corrected chi connectivity index (χ0v) is 10.1. The molecule has 0 aromatic carbocycles. The van der Waals surface area contributed by atoms with E-state index in [1.165, 1.54) is 0 Å². The molecule has 0 bridgehead atoms. The lowest BCUT2D eigenvalue weighted by molar-refractivity contribution is -0.141. The van der Waals surface area contributed by atoms with E-state index < -0.39 is 14.6 Å². The second-order valence-electron chi connectivity index (χ2n) is 3.38. The van der Waals surface area contributed by atoms with Crippen LogP contribution >= 0.6 is 31.9 Å². The van der Waals surface area contributed by atoms with Gasteiger partial charge >= 0.3 is 5.97 Å². The summed E-state index contributed by atoms with van der Waals surface area (Å²) in [5, 5.41) is 8.98. The molecule has 0 aromatic rings. The number of carboxylic acids is 1. The summed E-state index contributed by atoms with van der Waals surface area (Å²) in [6.45, 7) is 3.80. The Labute approximate surface area is 88.3 Å². The van der Waals surface area contributed by atoms with E-state index in [0.29, 0.717) is 6.42 Å². The Hall–Kier alpha value is 0.170. The smallest absolute Gasteiger partial charge is 0.315 e. The van der Waals surface area contributed by atoms with Gasteiger partial charge in [-0.15, -0.1) is 0 Å². The number of carbonyl (C=O) groups is 1. The molecule has 68 valence electrons. The molecule has 0 saturated heterocycles. The molecular formula is C8H10Br2O2. The second kappa shape index (κ2) is 2.84. The second-order valence-corrected chi connectivity index (χ2v) is 7.15. The Morgan fingerprint density at radius 2 is 1.92 bits per heavy atom. The minimum absolute atomic E-state index is 0.434. The van der Waals surface area contributed by atoms with E-state index in [1.54, 1.807) is 6.08 Å². The standard InChI is InChI=1S/C8H10Br2O2/c1-5(2)3-7(6(11)12)4-8(7,9)10/h3H,4H2,1-2H3,(H,11,12). The van der Waals surface area contributed by atoms with Gasteiger partial charge < -0.3 is 5.11 Å². The highest BCUT2D eigenvalue weighted by Crippen LogP contribution is 2.67. The number of aliphatic carboxylic acids is 1. The minimum Gasteiger partial charge on any atom is -0.481 e. The fourth-order valence-corrected chi connectivity index (χ4v) is 2.70. The lowest BCUT2D eigenvalue weighted by Crippen LogP contribution is -2.18. The van der Waals surface area contributed by atoms with Crippen LogP contribution in [0, 0.1) is 5.41 Å². The highest BCUT2D eigenvalue weighted by molar-refractivity contribution is 9.25. The maximum absolute atomic E-state index is 10.9. The third kappa shape index (κ3) is 1.46. The van der Waals surface area contributed by atoms with Crippen LogP contribution in [0.2, 0.25) is 0 Å². The molecule has 4 heteroatoms. The molecule has 1 saturated carbocycles. The monoisotopic (exact) mass is 296 g/mol.